The lowest BCUT2D eigenvalue weighted by Crippen LogP contribution is -2.47. The van der Waals surface area contributed by atoms with Crippen molar-refractivity contribution in [2.45, 2.75) is 37.9 Å². The minimum Gasteiger partial charge on any atom is -0.337 e. The molecular weight excluding hydrogens is 370 g/mol. The fourth-order valence-electron chi connectivity index (χ4n) is 4.10. The second kappa shape index (κ2) is 6.84. The van der Waals surface area contributed by atoms with E-state index in [1.54, 1.807) is 24.0 Å². The summed E-state index contributed by atoms with van der Waals surface area (Å²) >= 11 is 0. The number of fused-ring (bicyclic) bond motifs is 2. The molecule has 3 aromatic rings. The predicted molar refractivity (Wildman–Crippen MR) is 104 cm³/mol. The Balaban J connectivity index is 1.34. The highest BCUT2D eigenvalue weighted by atomic mass is 16.2. The number of anilines is 1. The number of nitrogens with zero attached hydrogens (tertiary/aromatic N) is 6. The molecule has 5 rings (SSSR count). The fraction of sp³-hybridized carbons (Fsp3) is 0.350. The van der Waals surface area contributed by atoms with E-state index in [0.29, 0.717) is 13.0 Å². The minimum absolute atomic E-state index is 0.0860. The van der Waals surface area contributed by atoms with Crippen molar-refractivity contribution in [1.29, 1.82) is 0 Å². The zero-order valence-corrected chi connectivity index (χ0v) is 16.0. The summed E-state index contributed by atoms with van der Waals surface area (Å²) in [4.78, 5) is 31.5. The van der Waals surface area contributed by atoms with Gasteiger partial charge in [0.25, 0.3) is 11.8 Å². The molecule has 0 saturated carbocycles. The number of carbonyl (C=O) groups is 2. The molecule has 0 bridgehead atoms. The van der Waals surface area contributed by atoms with Gasteiger partial charge in [0.05, 0.1) is 12.2 Å². The average molecular weight is 391 g/mol. The largest absolute Gasteiger partial charge is 0.337 e. The Kier molecular flexibility index (Phi) is 4.15. The topological polar surface area (TPSA) is 97.9 Å². The van der Waals surface area contributed by atoms with Crippen LogP contribution in [-0.4, -0.2) is 49.4 Å². The number of aryl methyl sites for hydroxylation is 2. The number of likely N-dealkylation sites (N-methyl/N-ethyl adjacent to an activating group) is 1. The first kappa shape index (κ1) is 17.6. The van der Waals surface area contributed by atoms with Gasteiger partial charge < -0.3 is 5.32 Å². The highest BCUT2D eigenvalue weighted by Gasteiger charge is 2.33. The van der Waals surface area contributed by atoms with Crippen LogP contribution < -0.4 is 10.2 Å². The fourth-order valence-corrected chi connectivity index (χ4v) is 4.10. The zero-order chi connectivity index (χ0) is 20.0. The summed E-state index contributed by atoms with van der Waals surface area (Å²) in [5, 5.41) is 11.5. The predicted octanol–water partition coefficient (Wildman–Crippen LogP) is 1.18. The van der Waals surface area contributed by atoms with Crippen LogP contribution in [0.25, 0.3) is 0 Å². The van der Waals surface area contributed by atoms with E-state index in [1.165, 1.54) is 4.90 Å². The SMILES string of the molecule is CN1C(=O)C(NC(=O)c2nc3n(n2)[C@H](c2ccccc2)CC3)CCn2nccc21. The van der Waals surface area contributed by atoms with Crippen LogP contribution in [0.3, 0.4) is 0 Å². The van der Waals surface area contributed by atoms with Crippen molar-refractivity contribution in [3.05, 3.63) is 59.8 Å². The minimum atomic E-state index is -0.641. The molecule has 1 unspecified atom stereocenters. The van der Waals surface area contributed by atoms with E-state index in [9.17, 15) is 9.59 Å². The summed E-state index contributed by atoms with van der Waals surface area (Å²) in [6.45, 7) is 0.548. The molecule has 4 heterocycles. The Labute approximate surface area is 167 Å². The van der Waals surface area contributed by atoms with Crippen LogP contribution >= 0.6 is 0 Å². The molecule has 0 saturated heterocycles. The first-order chi connectivity index (χ1) is 14.1. The molecular formula is C20H21N7O2. The van der Waals surface area contributed by atoms with Crippen molar-refractivity contribution in [1.82, 2.24) is 29.9 Å². The van der Waals surface area contributed by atoms with Crippen LogP contribution in [0.2, 0.25) is 0 Å². The molecule has 0 fully saturated rings. The van der Waals surface area contributed by atoms with Gasteiger partial charge in [-0.3, -0.25) is 14.5 Å². The number of rotatable bonds is 3. The van der Waals surface area contributed by atoms with E-state index in [0.717, 1.165) is 30.0 Å². The highest BCUT2D eigenvalue weighted by molar-refractivity contribution is 6.00. The Hall–Kier alpha value is -3.49. The average Bonchev–Trinajstić information content (AvgIpc) is 3.44. The third kappa shape index (κ3) is 2.98. The van der Waals surface area contributed by atoms with Crippen molar-refractivity contribution < 1.29 is 9.59 Å². The number of hydrogen-bond acceptors (Lipinski definition) is 5. The number of carbonyl (C=O) groups excluding carboxylic acids is 2. The number of hydrogen-bond donors (Lipinski definition) is 1. The van der Waals surface area contributed by atoms with Crippen LogP contribution in [-0.2, 0) is 17.8 Å². The summed E-state index contributed by atoms with van der Waals surface area (Å²) in [6, 6.07) is 11.3. The summed E-state index contributed by atoms with van der Waals surface area (Å²) in [5.74, 6) is 1.03. The molecule has 0 spiro atoms. The normalized spacial score (nSPS) is 20.9. The van der Waals surface area contributed by atoms with Gasteiger partial charge in [0.1, 0.15) is 17.7 Å². The number of amides is 2. The molecule has 29 heavy (non-hydrogen) atoms. The highest BCUT2D eigenvalue weighted by Crippen LogP contribution is 2.30. The Morgan fingerprint density at radius 2 is 2.00 bits per heavy atom. The zero-order valence-electron chi connectivity index (χ0n) is 16.0. The first-order valence-corrected chi connectivity index (χ1v) is 9.72. The van der Waals surface area contributed by atoms with E-state index in [2.05, 4.69) is 32.6 Å². The van der Waals surface area contributed by atoms with Crippen LogP contribution in [0.4, 0.5) is 5.82 Å². The van der Waals surface area contributed by atoms with Crippen molar-refractivity contribution in [3.63, 3.8) is 0 Å². The smallest absolute Gasteiger partial charge is 0.291 e. The molecule has 148 valence electrons. The number of nitrogens with one attached hydrogen (secondary N) is 1. The molecule has 2 amide bonds. The van der Waals surface area contributed by atoms with Crippen molar-refractivity contribution in [2.24, 2.45) is 0 Å². The molecule has 9 heteroatoms. The molecule has 1 aromatic carbocycles. The summed E-state index contributed by atoms with van der Waals surface area (Å²) in [6.07, 6.45) is 3.81. The standard InChI is InChI=1S/C20H21N7O2/c1-25-17-9-11-21-26(17)12-10-14(20(25)29)22-19(28)18-23-16-8-7-15(27(16)24-18)13-5-3-2-4-6-13/h2-6,9,11,14-15H,7-8,10,12H2,1H3,(H,22,28)/t14?,15-/m0/s1. The lowest BCUT2D eigenvalue weighted by molar-refractivity contribution is -0.120. The van der Waals surface area contributed by atoms with E-state index < -0.39 is 11.9 Å². The summed E-state index contributed by atoms with van der Waals surface area (Å²) in [5.41, 5.74) is 1.15. The van der Waals surface area contributed by atoms with E-state index >= 15 is 0 Å². The van der Waals surface area contributed by atoms with E-state index in [1.807, 2.05) is 22.9 Å². The maximum absolute atomic E-state index is 12.8. The summed E-state index contributed by atoms with van der Waals surface area (Å²) < 4.78 is 3.60. The number of aromatic nitrogens is 5. The van der Waals surface area contributed by atoms with E-state index in [-0.39, 0.29) is 17.8 Å². The molecule has 2 atom stereocenters. The maximum atomic E-state index is 12.8. The Bertz CT molecular complexity index is 1070. The van der Waals surface area contributed by atoms with Gasteiger partial charge in [-0.05, 0) is 18.4 Å². The first-order valence-electron chi connectivity index (χ1n) is 9.72. The maximum Gasteiger partial charge on any atom is 0.291 e. The van der Waals surface area contributed by atoms with Crippen molar-refractivity contribution in [3.8, 4) is 0 Å². The van der Waals surface area contributed by atoms with Gasteiger partial charge in [-0.2, -0.15) is 5.10 Å². The second-order valence-corrected chi connectivity index (χ2v) is 7.39. The quantitative estimate of drug-likeness (QED) is 0.723. The molecule has 2 aliphatic heterocycles. The van der Waals surface area contributed by atoms with Gasteiger partial charge in [-0.25, -0.2) is 14.3 Å². The lowest BCUT2D eigenvalue weighted by atomic mass is 10.1. The Morgan fingerprint density at radius 3 is 2.83 bits per heavy atom. The van der Waals surface area contributed by atoms with Gasteiger partial charge in [-0.15, -0.1) is 5.10 Å². The third-order valence-corrected chi connectivity index (χ3v) is 5.63. The Morgan fingerprint density at radius 1 is 1.17 bits per heavy atom. The van der Waals surface area contributed by atoms with Gasteiger partial charge >= 0.3 is 0 Å². The molecule has 9 nitrogen and oxygen atoms in total. The molecule has 2 aliphatic rings. The van der Waals surface area contributed by atoms with Gasteiger partial charge in [-0.1, -0.05) is 30.3 Å². The van der Waals surface area contributed by atoms with Crippen molar-refractivity contribution in [2.75, 3.05) is 11.9 Å². The van der Waals surface area contributed by atoms with Gasteiger partial charge in [0.2, 0.25) is 5.82 Å². The van der Waals surface area contributed by atoms with Crippen LogP contribution in [0.1, 0.15) is 40.9 Å². The molecule has 0 aliphatic carbocycles. The summed E-state index contributed by atoms with van der Waals surface area (Å²) in [7, 11) is 1.69. The monoisotopic (exact) mass is 391 g/mol. The third-order valence-electron chi connectivity index (χ3n) is 5.63. The van der Waals surface area contributed by atoms with Crippen molar-refractivity contribution >= 4 is 17.6 Å². The lowest BCUT2D eigenvalue weighted by Gasteiger charge is -2.19. The van der Waals surface area contributed by atoms with Crippen LogP contribution in [0.15, 0.2) is 42.6 Å². The van der Waals surface area contributed by atoms with E-state index in [4.69, 9.17) is 0 Å². The van der Waals surface area contributed by atoms with Crippen LogP contribution in [0.5, 0.6) is 0 Å². The molecule has 1 N–H and O–H groups in total. The van der Waals surface area contributed by atoms with Gasteiger partial charge in [0, 0.05) is 26.1 Å². The van der Waals surface area contributed by atoms with Crippen LogP contribution in [0, 0.1) is 0 Å². The molecule has 0 radical (unpaired) electrons. The molecule has 2 aromatic heterocycles. The number of benzene rings is 1. The second-order valence-electron chi connectivity index (χ2n) is 7.39. The van der Waals surface area contributed by atoms with Gasteiger partial charge in [0.15, 0.2) is 0 Å².